The number of carboxylic acids is 1. The van der Waals surface area contributed by atoms with Crippen LogP contribution in [0.25, 0.3) is 0 Å². The predicted molar refractivity (Wildman–Crippen MR) is 56.2 cm³/mol. The van der Waals surface area contributed by atoms with E-state index in [4.69, 9.17) is 5.11 Å². The molecule has 0 amide bonds. The third kappa shape index (κ3) is 78.8. The average molecular weight is 170 g/mol. The van der Waals surface area contributed by atoms with Crippen LogP contribution < -0.4 is 0 Å². The smallest absolute Gasteiger partial charge is 0.330 e. The van der Waals surface area contributed by atoms with Crippen LogP contribution in [0.15, 0.2) is 51.6 Å². The lowest BCUT2D eigenvalue weighted by molar-refractivity contribution is -0.132. The molecule has 0 aliphatic heterocycles. The van der Waals surface area contributed by atoms with Crippen LogP contribution >= 0.6 is 0 Å². The van der Waals surface area contributed by atoms with Gasteiger partial charge in [0.1, 0.15) is 0 Å². The van der Waals surface area contributed by atoms with Gasteiger partial charge < -0.3 is 5.11 Å². The monoisotopic (exact) mass is 170 g/mol. The van der Waals surface area contributed by atoms with Crippen molar-refractivity contribution in [1.82, 2.24) is 0 Å². The summed E-state index contributed by atoms with van der Waals surface area (Å²) in [7, 11) is 0. The van der Waals surface area contributed by atoms with Crippen molar-refractivity contribution < 1.29 is 9.90 Å². The maximum atomic E-state index is 9.60. The molecule has 0 saturated heterocycles. The van der Waals surface area contributed by atoms with Gasteiger partial charge in [0, 0.05) is 5.57 Å². The summed E-state index contributed by atoms with van der Waals surface area (Å²) in [5.41, 5.74) is 0.176. The van der Waals surface area contributed by atoms with E-state index in [-0.39, 0.29) is 5.57 Å². The van der Waals surface area contributed by atoms with E-state index in [1.165, 1.54) is 6.92 Å². The minimum Gasteiger partial charge on any atom is -0.478 e. The molecule has 0 spiro atoms. The van der Waals surface area contributed by atoms with Crippen LogP contribution in [0.4, 0.5) is 0 Å². The van der Waals surface area contributed by atoms with Gasteiger partial charge in [-0.3, -0.25) is 0 Å². The van der Waals surface area contributed by atoms with Gasteiger partial charge in [0.25, 0.3) is 0 Å². The van der Waals surface area contributed by atoms with Crippen LogP contribution in [-0.4, -0.2) is 11.1 Å². The van der Waals surface area contributed by atoms with Gasteiger partial charge in [0.05, 0.1) is 0 Å². The van der Waals surface area contributed by atoms with E-state index in [0.717, 1.165) is 0 Å². The van der Waals surface area contributed by atoms with Gasteiger partial charge in [-0.1, -0.05) is 6.58 Å². The van der Waals surface area contributed by atoms with Gasteiger partial charge in [-0.05, 0) is 6.92 Å². The fraction of sp³-hybridized carbons (Fsp3) is 0.100. The van der Waals surface area contributed by atoms with Gasteiger partial charge in [0.2, 0.25) is 0 Å². The van der Waals surface area contributed by atoms with E-state index < -0.39 is 5.97 Å². The van der Waals surface area contributed by atoms with E-state index in [0.29, 0.717) is 0 Å². The Balaban J connectivity index is -0.0000000453. The standard InChI is InChI=1S/C4H6O2.3C2H4/c1-3(2)4(5)6;3*1-2/h1H2,2H3,(H,5,6);3*1-2H2. The Morgan fingerprint density at radius 2 is 1.08 bits per heavy atom. The summed E-state index contributed by atoms with van der Waals surface area (Å²) in [6, 6.07) is 0. The molecule has 0 saturated carbocycles. The molecule has 0 bridgehead atoms. The Hall–Kier alpha value is -1.57. The molecular weight excluding hydrogens is 152 g/mol. The number of aliphatic carboxylic acids is 1. The molecule has 12 heavy (non-hydrogen) atoms. The van der Waals surface area contributed by atoms with Crippen LogP contribution in [0.5, 0.6) is 0 Å². The summed E-state index contributed by atoms with van der Waals surface area (Å²) < 4.78 is 0. The number of hydrogen-bond acceptors (Lipinski definition) is 1. The molecule has 0 radical (unpaired) electrons. The van der Waals surface area contributed by atoms with Crippen molar-refractivity contribution >= 4 is 5.97 Å². The molecule has 1 N–H and O–H groups in total. The first-order chi connectivity index (χ1) is 5.64. The van der Waals surface area contributed by atoms with E-state index >= 15 is 0 Å². The van der Waals surface area contributed by atoms with Crippen LogP contribution in [0.1, 0.15) is 6.92 Å². The fourth-order valence-corrected chi connectivity index (χ4v) is 0. The van der Waals surface area contributed by atoms with Gasteiger partial charge in [-0.2, -0.15) is 0 Å². The maximum Gasteiger partial charge on any atom is 0.330 e. The zero-order valence-electron chi connectivity index (χ0n) is 7.81. The molecular formula is C10H18O2. The normalized spacial score (nSPS) is 4.75. The van der Waals surface area contributed by atoms with Crippen molar-refractivity contribution in [1.29, 1.82) is 0 Å². The highest BCUT2D eigenvalue weighted by molar-refractivity contribution is 5.84. The van der Waals surface area contributed by atoms with Gasteiger partial charge >= 0.3 is 5.97 Å². The van der Waals surface area contributed by atoms with Crippen molar-refractivity contribution in [3.63, 3.8) is 0 Å². The second-order valence-corrected chi connectivity index (χ2v) is 1.09. The molecule has 0 aromatic carbocycles. The third-order valence-electron chi connectivity index (χ3n) is 0.365. The van der Waals surface area contributed by atoms with Crippen LogP contribution in [-0.2, 0) is 4.79 Å². The first-order valence-corrected chi connectivity index (χ1v) is 3.03. The predicted octanol–water partition coefficient (Wildman–Crippen LogP) is 3.05. The summed E-state index contributed by atoms with van der Waals surface area (Å²) >= 11 is 0. The molecule has 0 unspecified atom stereocenters. The zero-order valence-corrected chi connectivity index (χ0v) is 7.81. The Morgan fingerprint density at radius 3 is 1.08 bits per heavy atom. The minimum atomic E-state index is -0.935. The zero-order chi connectivity index (χ0) is 11.2. The highest BCUT2D eigenvalue weighted by Crippen LogP contribution is 1.81. The summed E-state index contributed by atoms with van der Waals surface area (Å²) in [5.74, 6) is -0.935. The van der Waals surface area contributed by atoms with Crippen molar-refractivity contribution in [2.75, 3.05) is 0 Å². The van der Waals surface area contributed by atoms with Gasteiger partial charge in [-0.25, -0.2) is 4.79 Å². The highest BCUT2D eigenvalue weighted by Gasteiger charge is 1.90. The van der Waals surface area contributed by atoms with Crippen LogP contribution in [0.2, 0.25) is 0 Å². The van der Waals surface area contributed by atoms with E-state index in [9.17, 15) is 4.79 Å². The number of carbonyl (C=O) groups is 1. The third-order valence-corrected chi connectivity index (χ3v) is 0.365. The van der Waals surface area contributed by atoms with Gasteiger partial charge in [-0.15, -0.1) is 39.5 Å². The Labute approximate surface area is 75.2 Å². The number of rotatable bonds is 1. The Kier molecular flexibility index (Phi) is 63.8. The lowest BCUT2D eigenvalue weighted by Gasteiger charge is -1.79. The first kappa shape index (κ1) is 22.4. The molecule has 0 aliphatic rings. The summed E-state index contributed by atoms with van der Waals surface area (Å²) in [6.07, 6.45) is 0. The summed E-state index contributed by atoms with van der Waals surface area (Å²) in [4.78, 5) is 9.60. The molecule has 2 heteroatoms. The van der Waals surface area contributed by atoms with Crippen molar-refractivity contribution in [2.45, 2.75) is 6.92 Å². The fourth-order valence-electron chi connectivity index (χ4n) is 0. The summed E-state index contributed by atoms with van der Waals surface area (Å²) in [5, 5.41) is 7.89. The van der Waals surface area contributed by atoms with Crippen molar-refractivity contribution in [3.8, 4) is 0 Å². The molecule has 0 aromatic heterocycles. The molecule has 0 rings (SSSR count). The topological polar surface area (TPSA) is 37.3 Å². The van der Waals surface area contributed by atoms with E-state index in [1.807, 2.05) is 0 Å². The van der Waals surface area contributed by atoms with E-state index in [1.54, 1.807) is 0 Å². The van der Waals surface area contributed by atoms with E-state index in [2.05, 4.69) is 46.1 Å². The first-order valence-electron chi connectivity index (χ1n) is 3.03. The lowest BCUT2D eigenvalue weighted by Crippen LogP contribution is -1.92. The summed E-state index contributed by atoms with van der Waals surface area (Å²) in [6.45, 7) is 22.6. The molecule has 0 atom stereocenters. The average Bonchev–Trinajstić information content (AvgIpc) is 2.14. The minimum absolute atomic E-state index is 0.176. The highest BCUT2D eigenvalue weighted by atomic mass is 16.4. The molecule has 2 nitrogen and oxygen atoms in total. The molecule has 0 heterocycles. The van der Waals surface area contributed by atoms with Crippen molar-refractivity contribution in [2.24, 2.45) is 0 Å². The SMILES string of the molecule is C=C.C=C.C=C.C=C(C)C(=O)O. The number of carboxylic acid groups (broad SMARTS) is 1. The quantitative estimate of drug-likeness (QED) is 0.485. The maximum absolute atomic E-state index is 9.60. The second-order valence-electron chi connectivity index (χ2n) is 1.09. The van der Waals surface area contributed by atoms with Crippen LogP contribution in [0, 0.1) is 0 Å². The second kappa shape index (κ2) is 34.1. The Morgan fingerprint density at radius 1 is 1.00 bits per heavy atom. The Bertz CT molecular complexity index is 100. The molecule has 0 aromatic rings. The molecule has 0 fully saturated rings. The molecule has 70 valence electrons. The largest absolute Gasteiger partial charge is 0.478 e. The molecule has 0 aliphatic carbocycles. The number of hydrogen-bond donors (Lipinski definition) is 1. The lowest BCUT2D eigenvalue weighted by atomic mass is 10.4. The van der Waals surface area contributed by atoms with Crippen molar-refractivity contribution in [3.05, 3.63) is 51.6 Å². The van der Waals surface area contributed by atoms with Crippen LogP contribution in [0.3, 0.4) is 0 Å². The van der Waals surface area contributed by atoms with Gasteiger partial charge in [0.15, 0.2) is 0 Å².